The lowest BCUT2D eigenvalue weighted by molar-refractivity contribution is 0.533. The van der Waals surface area contributed by atoms with Crippen molar-refractivity contribution in [2.45, 2.75) is 26.2 Å². The van der Waals surface area contributed by atoms with Gasteiger partial charge < -0.3 is 9.80 Å². The molecule has 0 aliphatic carbocycles. The van der Waals surface area contributed by atoms with Gasteiger partial charge in [-0.05, 0) is 12.1 Å². The van der Waals surface area contributed by atoms with Gasteiger partial charge in [-0.15, -0.1) is 0 Å². The molecular weight excluding hydrogens is 350 g/mol. The van der Waals surface area contributed by atoms with Gasteiger partial charge >= 0.3 is 0 Å². The van der Waals surface area contributed by atoms with E-state index in [9.17, 15) is 0 Å². The molecule has 5 heterocycles. The van der Waals surface area contributed by atoms with Crippen LogP contribution in [0.15, 0.2) is 36.9 Å². The second-order valence-corrected chi connectivity index (χ2v) is 8.91. The molecule has 0 aromatic carbocycles. The Balaban J connectivity index is 1.31. The molecule has 2 unspecified atom stereocenters. The SMILES string of the molecule is CC(C)(C)c1cc(N2CC3CN(c4ccc5nccnc5n4)CC3C2)ncn1. The van der Waals surface area contributed by atoms with Crippen LogP contribution in [0.4, 0.5) is 11.6 Å². The first-order valence-electron chi connectivity index (χ1n) is 9.87. The van der Waals surface area contributed by atoms with Crippen LogP contribution in [0.2, 0.25) is 0 Å². The van der Waals surface area contributed by atoms with Gasteiger partial charge in [0.2, 0.25) is 0 Å². The maximum absolute atomic E-state index is 4.72. The van der Waals surface area contributed by atoms with E-state index >= 15 is 0 Å². The summed E-state index contributed by atoms with van der Waals surface area (Å²) >= 11 is 0. The second-order valence-electron chi connectivity index (χ2n) is 8.91. The number of nitrogens with zero attached hydrogens (tertiary/aromatic N) is 7. The highest BCUT2D eigenvalue weighted by molar-refractivity contribution is 5.71. The first-order valence-corrected chi connectivity index (χ1v) is 9.87. The topological polar surface area (TPSA) is 70.9 Å². The predicted molar refractivity (Wildman–Crippen MR) is 109 cm³/mol. The Morgan fingerprint density at radius 2 is 1.50 bits per heavy atom. The van der Waals surface area contributed by atoms with Gasteiger partial charge in [-0.1, -0.05) is 20.8 Å². The fourth-order valence-electron chi connectivity index (χ4n) is 4.32. The normalized spacial score (nSPS) is 22.1. The van der Waals surface area contributed by atoms with Crippen LogP contribution in [0.1, 0.15) is 26.5 Å². The minimum absolute atomic E-state index is 0.0364. The van der Waals surface area contributed by atoms with Crippen molar-refractivity contribution < 1.29 is 0 Å². The third-order valence-corrected chi connectivity index (χ3v) is 5.87. The molecule has 144 valence electrons. The van der Waals surface area contributed by atoms with E-state index in [1.165, 1.54) is 0 Å². The quantitative estimate of drug-likeness (QED) is 0.682. The van der Waals surface area contributed by atoms with Crippen LogP contribution >= 0.6 is 0 Å². The van der Waals surface area contributed by atoms with Crippen LogP contribution < -0.4 is 9.80 Å². The zero-order chi connectivity index (χ0) is 19.3. The van der Waals surface area contributed by atoms with Gasteiger partial charge in [0.25, 0.3) is 0 Å². The van der Waals surface area contributed by atoms with E-state index in [0.717, 1.165) is 54.7 Å². The van der Waals surface area contributed by atoms with E-state index in [1.54, 1.807) is 18.7 Å². The van der Waals surface area contributed by atoms with Gasteiger partial charge in [-0.3, -0.25) is 4.98 Å². The van der Waals surface area contributed by atoms with Crippen molar-refractivity contribution >= 4 is 22.8 Å². The summed E-state index contributed by atoms with van der Waals surface area (Å²) in [5.74, 6) is 3.32. The van der Waals surface area contributed by atoms with Gasteiger partial charge in [-0.25, -0.2) is 19.9 Å². The standard InChI is InChI=1S/C21H25N7/c1-21(2,3)17-8-19(25-13-24-17)28-11-14-9-27(10-15(14)12-28)18-5-4-16-20(26-18)23-7-6-22-16/h4-8,13-15H,9-12H2,1-3H3. The first-order chi connectivity index (χ1) is 13.5. The van der Waals surface area contributed by atoms with Crippen molar-refractivity contribution in [3.63, 3.8) is 0 Å². The van der Waals surface area contributed by atoms with E-state index in [-0.39, 0.29) is 5.41 Å². The Hall–Kier alpha value is -2.83. The lowest BCUT2D eigenvalue weighted by Crippen LogP contribution is -2.30. The van der Waals surface area contributed by atoms with Crippen LogP contribution in [0, 0.1) is 11.8 Å². The molecule has 0 amide bonds. The molecule has 3 aromatic rings. The summed E-state index contributed by atoms with van der Waals surface area (Å²) in [5, 5.41) is 0. The molecule has 2 aliphatic heterocycles. The van der Waals surface area contributed by atoms with E-state index < -0.39 is 0 Å². The number of aromatic nitrogens is 5. The van der Waals surface area contributed by atoms with Gasteiger partial charge in [-0.2, -0.15) is 0 Å². The molecule has 2 saturated heterocycles. The summed E-state index contributed by atoms with van der Waals surface area (Å²) in [4.78, 5) is 27.2. The summed E-state index contributed by atoms with van der Waals surface area (Å²) in [6, 6.07) is 6.23. The van der Waals surface area contributed by atoms with Gasteiger partial charge in [0.05, 0.1) is 5.69 Å². The summed E-state index contributed by atoms with van der Waals surface area (Å²) in [6.45, 7) is 10.7. The molecule has 2 aliphatic rings. The molecule has 0 saturated carbocycles. The fourth-order valence-corrected chi connectivity index (χ4v) is 4.32. The fraction of sp³-hybridized carbons (Fsp3) is 0.476. The third kappa shape index (κ3) is 3.04. The molecule has 0 radical (unpaired) electrons. The molecule has 7 nitrogen and oxygen atoms in total. The molecule has 28 heavy (non-hydrogen) atoms. The molecular formula is C21H25N7. The highest BCUT2D eigenvalue weighted by Crippen LogP contribution is 2.35. The maximum Gasteiger partial charge on any atom is 0.180 e. The molecule has 0 N–H and O–H groups in total. The number of hydrogen-bond donors (Lipinski definition) is 0. The summed E-state index contributed by atoms with van der Waals surface area (Å²) in [7, 11) is 0. The van der Waals surface area contributed by atoms with Gasteiger partial charge in [0.15, 0.2) is 5.65 Å². The van der Waals surface area contributed by atoms with Crippen molar-refractivity contribution in [2.75, 3.05) is 36.0 Å². The molecule has 5 rings (SSSR count). The minimum atomic E-state index is 0.0364. The van der Waals surface area contributed by atoms with Crippen LogP contribution in [-0.2, 0) is 5.41 Å². The molecule has 2 atom stereocenters. The smallest absolute Gasteiger partial charge is 0.180 e. The maximum atomic E-state index is 4.72. The molecule has 7 heteroatoms. The summed E-state index contributed by atoms with van der Waals surface area (Å²) in [6.07, 6.45) is 5.11. The molecule has 2 fully saturated rings. The lowest BCUT2D eigenvalue weighted by atomic mass is 9.92. The Morgan fingerprint density at radius 1 is 0.821 bits per heavy atom. The Bertz CT molecular complexity index is 999. The average Bonchev–Trinajstić information content (AvgIpc) is 3.26. The molecule has 0 bridgehead atoms. The highest BCUT2D eigenvalue weighted by atomic mass is 15.3. The average molecular weight is 375 g/mol. The largest absolute Gasteiger partial charge is 0.356 e. The second kappa shape index (κ2) is 6.36. The van der Waals surface area contributed by atoms with Crippen molar-refractivity contribution in [1.82, 2.24) is 24.9 Å². The van der Waals surface area contributed by atoms with E-state index in [0.29, 0.717) is 11.8 Å². The van der Waals surface area contributed by atoms with Crippen molar-refractivity contribution in [3.05, 3.63) is 42.6 Å². The third-order valence-electron chi connectivity index (χ3n) is 5.87. The van der Waals surface area contributed by atoms with Crippen LogP contribution in [0.25, 0.3) is 11.2 Å². The highest BCUT2D eigenvalue weighted by Gasteiger charge is 2.41. The zero-order valence-electron chi connectivity index (χ0n) is 16.6. The van der Waals surface area contributed by atoms with Crippen LogP contribution in [-0.4, -0.2) is 51.1 Å². The number of anilines is 2. The van der Waals surface area contributed by atoms with E-state index in [4.69, 9.17) is 4.98 Å². The van der Waals surface area contributed by atoms with Crippen LogP contribution in [0.5, 0.6) is 0 Å². The van der Waals surface area contributed by atoms with Gasteiger partial charge in [0, 0.05) is 61.9 Å². The van der Waals surface area contributed by atoms with Crippen molar-refractivity contribution in [2.24, 2.45) is 11.8 Å². The van der Waals surface area contributed by atoms with Crippen molar-refractivity contribution in [1.29, 1.82) is 0 Å². The summed E-state index contributed by atoms with van der Waals surface area (Å²) < 4.78 is 0. The van der Waals surface area contributed by atoms with E-state index in [1.807, 2.05) is 6.07 Å². The number of rotatable bonds is 2. The summed E-state index contributed by atoms with van der Waals surface area (Å²) in [5.41, 5.74) is 2.69. The number of fused-ring (bicyclic) bond motifs is 2. The molecule has 0 spiro atoms. The lowest BCUT2D eigenvalue weighted by Gasteiger charge is -2.24. The Morgan fingerprint density at radius 3 is 2.21 bits per heavy atom. The van der Waals surface area contributed by atoms with Crippen molar-refractivity contribution in [3.8, 4) is 0 Å². The van der Waals surface area contributed by atoms with E-state index in [2.05, 4.69) is 62.6 Å². The van der Waals surface area contributed by atoms with Crippen LogP contribution in [0.3, 0.4) is 0 Å². The number of pyridine rings is 1. The number of hydrogen-bond acceptors (Lipinski definition) is 7. The monoisotopic (exact) mass is 375 g/mol. The molecule has 3 aromatic heterocycles. The Kier molecular flexibility index (Phi) is 3.92. The first kappa shape index (κ1) is 17.3. The van der Waals surface area contributed by atoms with Gasteiger partial charge in [0.1, 0.15) is 23.5 Å². The zero-order valence-corrected chi connectivity index (χ0v) is 16.6. The predicted octanol–water partition coefficient (Wildman–Crippen LogP) is 2.68. The Labute approximate surface area is 164 Å². The minimum Gasteiger partial charge on any atom is -0.356 e.